The molecule has 2 heterocycles. The summed E-state index contributed by atoms with van der Waals surface area (Å²) < 4.78 is 2.26. The Bertz CT molecular complexity index is 606. The molecule has 2 saturated carbocycles. The van der Waals surface area contributed by atoms with E-state index in [9.17, 15) is 9.90 Å². The minimum atomic E-state index is -0.497. The van der Waals surface area contributed by atoms with Crippen LogP contribution in [0.1, 0.15) is 70.6 Å². The first-order valence-corrected chi connectivity index (χ1v) is 10.7. The molecule has 1 aromatic rings. The predicted octanol–water partition coefficient (Wildman–Crippen LogP) is 3.98. The second-order valence-corrected chi connectivity index (χ2v) is 9.23. The lowest BCUT2D eigenvalue weighted by Crippen LogP contribution is -2.55. The Balaban J connectivity index is 1.43. The predicted molar refractivity (Wildman–Crippen MR) is 103 cm³/mol. The van der Waals surface area contributed by atoms with Gasteiger partial charge in [0, 0.05) is 44.4 Å². The Labute approximate surface area is 157 Å². The Hall–Kier alpha value is -1.29. The van der Waals surface area contributed by atoms with Gasteiger partial charge in [-0.05, 0) is 49.7 Å². The summed E-state index contributed by atoms with van der Waals surface area (Å²) in [6.07, 6.45) is 16.2. The van der Waals surface area contributed by atoms with Crippen LogP contribution in [0.5, 0.6) is 0 Å². The molecule has 4 heteroatoms. The number of aliphatic hydroxyl groups is 1. The molecule has 1 saturated heterocycles. The van der Waals surface area contributed by atoms with Gasteiger partial charge in [0.25, 0.3) is 0 Å². The highest BCUT2D eigenvalue weighted by molar-refractivity contribution is 5.77. The first-order valence-electron chi connectivity index (χ1n) is 10.7. The number of carbonyl (C=O) groups is 1. The smallest absolute Gasteiger partial charge is 0.223 e. The van der Waals surface area contributed by atoms with Gasteiger partial charge in [0.05, 0.1) is 5.60 Å². The number of fused-ring (bicyclic) bond motifs is 1. The summed E-state index contributed by atoms with van der Waals surface area (Å²) in [5.74, 6) is 0.618. The highest BCUT2D eigenvalue weighted by atomic mass is 16.3. The molecule has 4 nitrogen and oxygen atoms in total. The second kappa shape index (κ2) is 7.38. The molecule has 1 N–H and O–H groups in total. The van der Waals surface area contributed by atoms with Crippen molar-refractivity contribution < 1.29 is 9.90 Å². The van der Waals surface area contributed by atoms with E-state index in [-0.39, 0.29) is 5.41 Å². The molecule has 2 atom stereocenters. The molecule has 2 aliphatic carbocycles. The van der Waals surface area contributed by atoms with Gasteiger partial charge in [-0.1, -0.05) is 32.1 Å². The van der Waals surface area contributed by atoms with Crippen molar-refractivity contribution in [3.63, 3.8) is 0 Å². The Morgan fingerprint density at radius 1 is 1.00 bits per heavy atom. The third kappa shape index (κ3) is 3.71. The standard InChI is InChI=1S/C22H34N2O2/c25-20(24-15-12-22(26)11-5-2-8-19(22)17-24)16-21(9-3-1-4-10-21)18-23-13-6-7-14-23/h6-7,13-14,19,26H,1-5,8-12,15-18H2/t19-,22-/m0/s1. The Kier molecular flexibility index (Phi) is 5.13. The summed E-state index contributed by atoms with van der Waals surface area (Å²) >= 11 is 0. The van der Waals surface area contributed by atoms with Gasteiger partial charge < -0.3 is 14.6 Å². The molecule has 1 amide bonds. The number of amides is 1. The van der Waals surface area contributed by atoms with Gasteiger partial charge >= 0.3 is 0 Å². The maximum absolute atomic E-state index is 13.2. The molecule has 0 aromatic carbocycles. The van der Waals surface area contributed by atoms with Crippen molar-refractivity contribution in [3.8, 4) is 0 Å². The first-order chi connectivity index (χ1) is 12.6. The number of piperidine rings is 1. The second-order valence-electron chi connectivity index (χ2n) is 9.23. The van der Waals surface area contributed by atoms with Gasteiger partial charge in [-0.15, -0.1) is 0 Å². The molecule has 144 valence electrons. The van der Waals surface area contributed by atoms with Crippen LogP contribution in [0.4, 0.5) is 0 Å². The zero-order valence-corrected chi connectivity index (χ0v) is 16.0. The fourth-order valence-electron chi connectivity index (χ4n) is 5.79. The lowest BCUT2D eigenvalue weighted by atomic mass is 9.69. The number of nitrogens with zero attached hydrogens (tertiary/aromatic N) is 2. The lowest BCUT2D eigenvalue weighted by molar-refractivity contribution is -0.146. The number of hydrogen-bond acceptors (Lipinski definition) is 2. The number of carbonyl (C=O) groups excluding carboxylic acids is 1. The van der Waals surface area contributed by atoms with E-state index < -0.39 is 5.60 Å². The number of aromatic nitrogens is 1. The van der Waals surface area contributed by atoms with E-state index >= 15 is 0 Å². The van der Waals surface area contributed by atoms with Crippen LogP contribution in [0.25, 0.3) is 0 Å². The molecule has 3 aliphatic rings. The Morgan fingerprint density at radius 2 is 1.73 bits per heavy atom. The fourth-order valence-corrected chi connectivity index (χ4v) is 5.79. The highest BCUT2D eigenvalue weighted by Gasteiger charge is 2.45. The average molecular weight is 359 g/mol. The lowest BCUT2D eigenvalue weighted by Gasteiger charge is -2.48. The minimum absolute atomic E-state index is 0.120. The maximum atomic E-state index is 13.2. The number of hydrogen-bond donors (Lipinski definition) is 1. The van der Waals surface area contributed by atoms with Crippen molar-refractivity contribution in [3.05, 3.63) is 24.5 Å². The summed E-state index contributed by atoms with van der Waals surface area (Å²) in [5, 5.41) is 10.9. The van der Waals surface area contributed by atoms with E-state index in [0.717, 1.165) is 58.2 Å². The van der Waals surface area contributed by atoms with E-state index in [2.05, 4.69) is 34.0 Å². The van der Waals surface area contributed by atoms with Gasteiger partial charge in [-0.3, -0.25) is 4.79 Å². The summed E-state index contributed by atoms with van der Waals surface area (Å²) in [6.45, 7) is 2.48. The van der Waals surface area contributed by atoms with Crippen LogP contribution < -0.4 is 0 Å². The van der Waals surface area contributed by atoms with Gasteiger partial charge in [0.15, 0.2) is 0 Å². The van der Waals surface area contributed by atoms with Crippen molar-refractivity contribution in [2.24, 2.45) is 11.3 Å². The normalized spacial score (nSPS) is 31.4. The third-order valence-corrected chi connectivity index (χ3v) is 7.40. The van der Waals surface area contributed by atoms with Crippen LogP contribution in [-0.2, 0) is 11.3 Å². The van der Waals surface area contributed by atoms with Crippen molar-refractivity contribution >= 4 is 5.91 Å². The quantitative estimate of drug-likeness (QED) is 0.885. The number of rotatable bonds is 4. The van der Waals surface area contributed by atoms with E-state index in [0.29, 0.717) is 18.2 Å². The maximum Gasteiger partial charge on any atom is 0.223 e. The van der Waals surface area contributed by atoms with E-state index in [1.54, 1.807) is 0 Å². The topological polar surface area (TPSA) is 45.5 Å². The van der Waals surface area contributed by atoms with Crippen molar-refractivity contribution in [2.75, 3.05) is 13.1 Å². The third-order valence-electron chi connectivity index (χ3n) is 7.40. The molecule has 0 bridgehead atoms. The van der Waals surface area contributed by atoms with Crippen LogP contribution in [0.15, 0.2) is 24.5 Å². The van der Waals surface area contributed by atoms with Crippen LogP contribution in [0.3, 0.4) is 0 Å². The van der Waals surface area contributed by atoms with Gasteiger partial charge in [0.1, 0.15) is 0 Å². The summed E-state index contributed by atoms with van der Waals surface area (Å²) in [5.41, 5.74) is -0.378. The van der Waals surface area contributed by atoms with Crippen LogP contribution >= 0.6 is 0 Å². The van der Waals surface area contributed by atoms with Gasteiger partial charge in [0.2, 0.25) is 5.91 Å². The van der Waals surface area contributed by atoms with Crippen molar-refractivity contribution in [1.29, 1.82) is 0 Å². The summed E-state index contributed by atoms with van der Waals surface area (Å²) in [4.78, 5) is 15.3. The molecule has 3 fully saturated rings. The fraction of sp³-hybridized carbons (Fsp3) is 0.773. The average Bonchev–Trinajstić information content (AvgIpc) is 3.14. The molecule has 0 spiro atoms. The summed E-state index contributed by atoms with van der Waals surface area (Å²) in [6, 6.07) is 4.15. The van der Waals surface area contributed by atoms with Crippen molar-refractivity contribution in [2.45, 2.75) is 82.8 Å². The van der Waals surface area contributed by atoms with E-state index in [4.69, 9.17) is 0 Å². The SMILES string of the molecule is O=C(CC1(Cn2cccc2)CCCCC1)N1CC[C@@]2(O)CCCC[C@H]2C1. The minimum Gasteiger partial charge on any atom is -0.389 e. The first kappa shape index (κ1) is 18.1. The summed E-state index contributed by atoms with van der Waals surface area (Å²) in [7, 11) is 0. The van der Waals surface area contributed by atoms with Crippen molar-refractivity contribution in [1.82, 2.24) is 9.47 Å². The van der Waals surface area contributed by atoms with Gasteiger partial charge in [-0.2, -0.15) is 0 Å². The monoisotopic (exact) mass is 358 g/mol. The Morgan fingerprint density at radius 3 is 2.50 bits per heavy atom. The number of likely N-dealkylation sites (tertiary alicyclic amines) is 1. The highest BCUT2D eigenvalue weighted by Crippen LogP contribution is 2.43. The molecule has 4 rings (SSSR count). The zero-order valence-electron chi connectivity index (χ0n) is 16.0. The molecule has 1 aromatic heterocycles. The largest absolute Gasteiger partial charge is 0.389 e. The molecular formula is C22H34N2O2. The molecule has 0 radical (unpaired) electrons. The van der Waals surface area contributed by atoms with Crippen LogP contribution in [0.2, 0.25) is 0 Å². The zero-order chi connectivity index (χ0) is 18.0. The molecule has 0 unspecified atom stereocenters. The molecule has 1 aliphatic heterocycles. The molecule has 26 heavy (non-hydrogen) atoms. The van der Waals surface area contributed by atoms with Crippen LogP contribution in [0, 0.1) is 11.3 Å². The molecular weight excluding hydrogens is 324 g/mol. The van der Waals surface area contributed by atoms with E-state index in [1.165, 1.54) is 25.7 Å². The van der Waals surface area contributed by atoms with Crippen LogP contribution in [-0.4, -0.2) is 39.2 Å². The van der Waals surface area contributed by atoms with Gasteiger partial charge in [-0.25, -0.2) is 0 Å². The van der Waals surface area contributed by atoms with E-state index in [1.807, 2.05) is 0 Å².